The van der Waals surface area contributed by atoms with Gasteiger partial charge in [-0.1, -0.05) is 36.4 Å². The lowest BCUT2D eigenvalue weighted by molar-refractivity contribution is -0.919. The van der Waals surface area contributed by atoms with E-state index in [4.69, 9.17) is 0 Å². The normalized spacial score (nSPS) is 20.6. The molecule has 4 heteroatoms. The Balaban J connectivity index is 1.45. The number of anilines is 1. The van der Waals surface area contributed by atoms with Crippen LogP contribution in [-0.2, 0) is 0 Å². The van der Waals surface area contributed by atoms with Crippen molar-refractivity contribution in [3.8, 4) is 0 Å². The standard InChI is InChI=1S/C22H29N3O/c1-16-9-10-21(13-17(16)2)24-22(26)23-14-19-11-12-25(15-19)18(3)20-7-5-4-6-8-20/h4-10,13,18-19H,11-12,14-15H2,1-3H3,(H2,23,24,26)/p+1. The second-order valence-corrected chi connectivity index (χ2v) is 7.53. The Morgan fingerprint density at radius 3 is 2.65 bits per heavy atom. The highest BCUT2D eigenvalue weighted by atomic mass is 16.2. The highest BCUT2D eigenvalue weighted by Gasteiger charge is 2.30. The molecular formula is C22H30N3O+. The Morgan fingerprint density at radius 1 is 1.15 bits per heavy atom. The molecule has 3 atom stereocenters. The maximum Gasteiger partial charge on any atom is 0.319 e. The first-order chi connectivity index (χ1) is 12.5. The van der Waals surface area contributed by atoms with Gasteiger partial charge in [-0.2, -0.15) is 0 Å². The van der Waals surface area contributed by atoms with Crippen LogP contribution in [0.5, 0.6) is 0 Å². The average molecular weight is 353 g/mol. The molecule has 26 heavy (non-hydrogen) atoms. The van der Waals surface area contributed by atoms with Gasteiger partial charge < -0.3 is 15.5 Å². The summed E-state index contributed by atoms with van der Waals surface area (Å²) in [5, 5.41) is 5.98. The third-order valence-corrected chi connectivity index (χ3v) is 5.65. The molecule has 1 aliphatic rings. The van der Waals surface area contributed by atoms with Gasteiger partial charge in [0.05, 0.1) is 13.1 Å². The molecule has 0 aliphatic carbocycles. The Morgan fingerprint density at radius 2 is 1.92 bits per heavy atom. The van der Waals surface area contributed by atoms with Gasteiger partial charge in [-0.3, -0.25) is 0 Å². The van der Waals surface area contributed by atoms with Gasteiger partial charge in [0.2, 0.25) is 0 Å². The van der Waals surface area contributed by atoms with Gasteiger partial charge >= 0.3 is 6.03 Å². The maximum absolute atomic E-state index is 12.2. The van der Waals surface area contributed by atoms with E-state index in [2.05, 4.69) is 61.7 Å². The third-order valence-electron chi connectivity index (χ3n) is 5.65. The Bertz CT molecular complexity index is 744. The number of likely N-dealkylation sites (tertiary alicyclic amines) is 1. The van der Waals surface area contributed by atoms with Gasteiger partial charge in [0.1, 0.15) is 6.04 Å². The average Bonchev–Trinajstić information content (AvgIpc) is 3.12. The number of quaternary nitrogens is 1. The molecule has 0 saturated carbocycles. The lowest BCUT2D eigenvalue weighted by atomic mass is 10.1. The van der Waals surface area contributed by atoms with E-state index in [-0.39, 0.29) is 6.03 Å². The van der Waals surface area contributed by atoms with Crippen molar-refractivity contribution < 1.29 is 9.69 Å². The number of urea groups is 1. The van der Waals surface area contributed by atoms with Gasteiger partial charge in [-0.15, -0.1) is 0 Å². The second-order valence-electron chi connectivity index (χ2n) is 7.53. The lowest BCUT2D eigenvalue weighted by Crippen LogP contribution is -3.10. The first-order valence-corrected chi connectivity index (χ1v) is 9.54. The minimum Gasteiger partial charge on any atom is -0.337 e. The smallest absolute Gasteiger partial charge is 0.319 e. The van der Waals surface area contributed by atoms with Crippen LogP contribution in [0.3, 0.4) is 0 Å². The van der Waals surface area contributed by atoms with Crippen LogP contribution in [0.2, 0.25) is 0 Å². The zero-order valence-corrected chi connectivity index (χ0v) is 16.0. The summed E-state index contributed by atoms with van der Waals surface area (Å²) in [4.78, 5) is 13.8. The molecule has 3 N–H and O–H groups in total. The van der Waals surface area contributed by atoms with Crippen LogP contribution in [0.4, 0.5) is 10.5 Å². The molecule has 1 fully saturated rings. The molecule has 1 aliphatic heterocycles. The largest absolute Gasteiger partial charge is 0.337 e. The minimum absolute atomic E-state index is 0.113. The van der Waals surface area contributed by atoms with Crippen molar-refractivity contribution in [1.82, 2.24) is 5.32 Å². The van der Waals surface area contributed by atoms with Crippen LogP contribution in [0.25, 0.3) is 0 Å². The molecule has 2 amide bonds. The molecule has 138 valence electrons. The highest BCUT2D eigenvalue weighted by Crippen LogP contribution is 2.14. The molecule has 3 rings (SSSR count). The molecular weight excluding hydrogens is 322 g/mol. The topological polar surface area (TPSA) is 45.6 Å². The number of hydrogen-bond donors (Lipinski definition) is 3. The van der Waals surface area contributed by atoms with Crippen molar-refractivity contribution in [2.75, 3.05) is 25.0 Å². The predicted molar refractivity (Wildman–Crippen MR) is 107 cm³/mol. The van der Waals surface area contributed by atoms with Crippen LogP contribution in [0, 0.1) is 19.8 Å². The van der Waals surface area contributed by atoms with Gasteiger partial charge in [-0.05, 0) is 44.0 Å². The number of aryl methyl sites for hydroxylation is 2. The predicted octanol–water partition coefficient (Wildman–Crippen LogP) is 3.09. The van der Waals surface area contributed by atoms with Crippen LogP contribution in [-0.4, -0.2) is 25.7 Å². The second kappa shape index (κ2) is 8.37. The monoisotopic (exact) mass is 352 g/mol. The minimum atomic E-state index is -0.113. The molecule has 0 spiro atoms. The fraction of sp³-hybridized carbons (Fsp3) is 0.409. The summed E-state index contributed by atoms with van der Waals surface area (Å²) >= 11 is 0. The fourth-order valence-electron chi connectivity index (χ4n) is 3.74. The molecule has 1 heterocycles. The van der Waals surface area contributed by atoms with Crippen molar-refractivity contribution in [3.63, 3.8) is 0 Å². The lowest BCUT2D eigenvalue weighted by Gasteiger charge is -2.22. The van der Waals surface area contributed by atoms with Crippen molar-refractivity contribution in [1.29, 1.82) is 0 Å². The fourth-order valence-corrected chi connectivity index (χ4v) is 3.74. The Labute approximate surface area is 156 Å². The van der Waals surface area contributed by atoms with E-state index in [1.165, 1.54) is 23.2 Å². The molecule has 2 aromatic carbocycles. The van der Waals surface area contributed by atoms with E-state index in [0.717, 1.165) is 25.2 Å². The van der Waals surface area contributed by atoms with Gasteiger partial charge in [0.25, 0.3) is 0 Å². The number of rotatable bonds is 5. The molecule has 0 aromatic heterocycles. The zero-order chi connectivity index (χ0) is 18.5. The molecule has 1 saturated heterocycles. The van der Waals surface area contributed by atoms with Crippen LogP contribution in [0.1, 0.15) is 36.1 Å². The number of amides is 2. The summed E-state index contributed by atoms with van der Waals surface area (Å²) in [6.45, 7) is 9.45. The summed E-state index contributed by atoms with van der Waals surface area (Å²) in [7, 11) is 0. The van der Waals surface area contributed by atoms with Gasteiger partial charge in [0, 0.05) is 30.1 Å². The molecule has 3 unspecified atom stereocenters. The third kappa shape index (κ3) is 4.64. The summed E-state index contributed by atoms with van der Waals surface area (Å²) in [6, 6.07) is 17.1. The van der Waals surface area contributed by atoms with Crippen LogP contribution >= 0.6 is 0 Å². The SMILES string of the molecule is Cc1ccc(NC(=O)NCC2CC[NH+](C(C)c3ccccc3)C2)cc1C. The quantitative estimate of drug-likeness (QED) is 0.761. The molecule has 4 nitrogen and oxygen atoms in total. The van der Waals surface area contributed by atoms with Crippen molar-refractivity contribution in [2.24, 2.45) is 5.92 Å². The number of carbonyl (C=O) groups excluding carboxylic acids is 1. The van der Waals surface area contributed by atoms with E-state index < -0.39 is 0 Å². The summed E-state index contributed by atoms with van der Waals surface area (Å²) in [5.41, 5.74) is 4.66. The molecule has 0 bridgehead atoms. The van der Waals surface area contributed by atoms with Crippen LogP contribution < -0.4 is 15.5 Å². The van der Waals surface area contributed by atoms with E-state index >= 15 is 0 Å². The van der Waals surface area contributed by atoms with E-state index in [1.807, 2.05) is 18.2 Å². The van der Waals surface area contributed by atoms with E-state index in [1.54, 1.807) is 4.90 Å². The van der Waals surface area contributed by atoms with Gasteiger partial charge in [0.15, 0.2) is 0 Å². The van der Waals surface area contributed by atoms with E-state index in [9.17, 15) is 4.79 Å². The van der Waals surface area contributed by atoms with Crippen molar-refractivity contribution in [2.45, 2.75) is 33.2 Å². The number of hydrogen-bond acceptors (Lipinski definition) is 1. The Kier molecular flexibility index (Phi) is 5.94. The van der Waals surface area contributed by atoms with Crippen molar-refractivity contribution in [3.05, 3.63) is 65.2 Å². The Hall–Kier alpha value is -2.33. The molecule has 2 aromatic rings. The number of carbonyl (C=O) groups is 1. The van der Waals surface area contributed by atoms with Gasteiger partial charge in [-0.25, -0.2) is 4.79 Å². The van der Waals surface area contributed by atoms with Crippen molar-refractivity contribution >= 4 is 11.7 Å². The number of benzene rings is 2. The van der Waals surface area contributed by atoms with E-state index in [0.29, 0.717) is 12.0 Å². The first-order valence-electron chi connectivity index (χ1n) is 9.54. The number of nitrogens with one attached hydrogen (secondary N) is 3. The summed E-state index contributed by atoms with van der Waals surface area (Å²) in [5.74, 6) is 0.543. The zero-order valence-electron chi connectivity index (χ0n) is 16.0. The summed E-state index contributed by atoms with van der Waals surface area (Å²) < 4.78 is 0. The highest BCUT2D eigenvalue weighted by molar-refractivity contribution is 5.89. The van der Waals surface area contributed by atoms with Crippen LogP contribution in [0.15, 0.2) is 48.5 Å². The first kappa shape index (κ1) is 18.5. The summed E-state index contributed by atoms with van der Waals surface area (Å²) in [6.07, 6.45) is 1.16. The maximum atomic E-state index is 12.2. The molecule has 0 radical (unpaired) electrons.